The van der Waals surface area contributed by atoms with Gasteiger partial charge in [-0.2, -0.15) is 0 Å². The lowest BCUT2D eigenvalue weighted by Crippen LogP contribution is -2.11. The van der Waals surface area contributed by atoms with Gasteiger partial charge in [0.15, 0.2) is 0 Å². The van der Waals surface area contributed by atoms with Crippen LogP contribution in [0, 0.1) is 23.7 Å². The Kier molecular flexibility index (Phi) is 2.94. The van der Waals surface area contributed by atoms with Crippen molar-refractivity contribution in [3.63, 3.8) is 0 Å². The van der Waals surface area contributed by atoms with E-state index in [0.29, 0.717) is 17.6 Å². The third-order valence-electron chi connectivity index (χ3n) is 4.42. The first-order valence-electron chi connectivity index (χ1n) is 6.30. The van der Waals surface area contributed by atoms with Crippen molar-refractivity contribution in [3.05, 3.63) is 0 Å². The van der Waals surface area contributed by atoms with Crippen molar-refractivity contribution >= 4 is 5.78 Å². The van der Waals surface area contributed by atoms with Crippen LogP contribution in [0.3, 0.4) is 0 Å². The highest BCUT2D eigenvalue weighted by Gasteiger charge is 2.55. The first kappa shape index (κ1) is 10.2. The monoisotopic (exact) mass is 194 g/mol. The van der Waals surface area contributed by atoms with Gasteiger partial charge in [0, 0.05) is 12.3 Å². The van der Waals surface area contributed by atoms with E-state index >= 15 is 0 Å². The summed E-state index contributed by atoms with van der Waals surface area (Å²) < 4.78 is 0. The molecule has 2 unspecified atom stereocenters. The van der Waals surface area contributed by atoms with E-state index in [9.17, 15) is 4.79 Å². The van der Waals surface area contributed by atoms with Crippen molar-refractivity contribution in [3.8, 4) is 0 Å². The molecule has 14 heavy (non-hydrogen) atoms. The van der Waals surface area contributed by atoms with Gasteiger partial charge in [0.2, 0.25) is 0 Å². The van der Waals surface area contributed by atoms with Gasteiger partial charge in [-0.05, 0) is 30.6 Å². The number of carbonyl (C=O) groups is 1. The Hall–Kier alpha value is -0.330. The van der Waals surface area contributed by atoms with Crippen molar-refractivity contribution < 1.29 is 4.79 Å². The molecule has 0 amide bonds. The average Bonchev–Trinajstić information content (AvgIpc) is 2.69. The smallest absolute Gasteiger partial charge is 0.136 e. The number of hydrogen-bond donors (Lipinski definition) is 0. The quantitative estimate of drug-likeness (QED) is 0.655. The van der Waals surface area contributed by atoms with Crippen LogP contribution in [0.25, 0.3) is 0 Å². The zero-order valence-corrected chi connectivity index (χ0v) is 9.46. The number of carbonyl (C=O) groups excluding carboxylic acids is 1. The maximum atomic E-state index is 11.9. The van der Waals surface area contributed by atoms with Crippen molar-refractivity contribution in [1.82, 2.24) is 0 Å². The topological polar surface area (TPSA) is 17.1 Å². The van der Waals surface area contributed by atoms with Gasteiger partial charge in [0.05, 0.1) is 0 Å². The molecule has 2 rings (SSSR count). The Morgan fingerprint density at radius 1 is 1.21 bits per heavy atom. The second-order valence-corrected chi connectivity index (χ2v) is 5.14. The highest BCUT2D eigenvalue weighted by Crippen LogP contribution is 2.58. The predicted octanol–water partition coefficient (Wildman–Crippen LogP) is 3.43. The van der Waals surface area contributed by atoms with E-state index in [2.05, 4.69) is 13.8 Å². The Balaban J connectivity index is 1.79. The summed E-state index contributed by atoms with van der Waals surface area (Å²) in [5, 5.41) is 0. The molecule has 0 bridgehead atoms. The Bertz CT molecular complexity index is 207. The number of fused-ring (bicyclic) bond motifs is 1. The van der Waals surface area contributed by atoms with E-state index < -0.39 is 0 Å². The summed E-state index contributed by atoms with van der Waals surface area (Å²) in [5.74, 6) is 3.38. The van der Waals surface area contributed by atoms with E-state index in [1.54, 1.807) is 0 Å². The van der Waals surface area contributed by atoms with Gasteiger partial charge < -0.3 is 0 Å². The molecule has 0 aliphatic heterocycles. The van der Waals surface area contributed by atoms with Crippen LogP contribution in [0.15, 0.2) is 0 Å². The van der Waals surface area contributed by atoms with Crippen molar-refractivity contribution in [1.29, 1.82) is 0 Å². The van der Waals surface area contributed by atoms with E-state index in [1.807, 2.05) is 0 Å². The molecule has 0 N–H and O–H groups in total. The fourth-order valence-electron chi connectivity index (χ4n) is 3.30. The molecule has 1 heteroatoms. The average molecular weight is 194 g/mol. The summed E-state index contributed by atoms with van der Waals surface area (Å²) in [6, 6.07) is 0. The zero-order chi connectivity index (χ0) is 10.1. The van der Waals surface area contributed by atoms with Gasteiger partial charge in [0.1, 0.15) is 5.78 Å². The lowest BCUT2D eigenvalue weighted by molar-refractivity contribution is -0.122. The molecular weight excluding hydrogens is 172 g/mol. The van der Waals surface area contributed by atoms with Gasteiger partial charge in [-0.25, -0.2) is 0 Å². The minimum Gasteiger partial charge on any atom is -0.299 e. The van der Waals surface area contributed by atoms with Gasteiger partial charge in [-0.3, -0.25) is 4.79 Å². The number of ketones is 1. The third-order valence-corrected chi connectivity index (χ3v) is 4.42. The van der Waals surface area contributed by atoms with E-state index in [-0.39, 0.29) is 0 Å². The van der Waals surface area contributed by atoms with Crippen LogP contribution < -0.4 is 0 Å². The number of hydrogen-bond acceptors (Lipinski definition) is 1. The third kappa shape index (κ3) is 1.74. The van der Waals surface area contributed by atoms with Crippen LogP contribution in [0.4, 0.5) is 0 Å². The molecule has 0 saturated heterocycles. The molecule has 1 nitrogen and oxygen atoms in total. The van der Waals surface area contributed by atoms with E-state index in [1.165, 1.54) is 32.1 Å². The van der Waals surface area contributed by atoms with Crippen LogP contribution in [0.1, 0.15) is 52.4 Å². The lowest BCUT2D eigenvalue weighted by atomic mass is 9.93. The molecular formula is C13H22O. The van der Waals surface area contributed by atoms with Crippen LogP contribution in [0.2, 0.25) is 0 Å². The minimum absolute atomic E-state index is 0.504. The van der Waals surface area contributed by atoms with Crippen LogP contribution in [0.5, 0.6) is 0 Å². The molecule has 2 aliphatic rings. The van der Waals surface area contributed by atoms with E-state index in [4.69, 9.17) is 0 Å². The molecule has 0 aromatic carbocycles. The lowest BCUT2D eigenvalue weighted by Gasteiger charge is -2.11. The van der Waals surface area contributed by atoms with Crippen molar-refractivity contribution in [2.24, 2.45) is 23.7 Å². The molecule has 0 aromatic rings. The molecule has 80 valence electrons. The highest BCUT2D eigenvalue weighted by molar-refractivity contribution is 5.84. The van der Waals surface area contributed by atoms with E-state index in [0.717, 1.165) is 18.3 Å². The summed E-state index contributed by atoms with van der Waals surface area (Å²) in [6.07, 6.45) is 7.26. The van der Waals surface area contributed by atoms with Crippen LogP contribution in [-0.2, 0) is 4.79 Å². The molecule has 2 atom stereocenters. The molecule has 0 spiro atoms. The van der Waals surface area contributed by atoms with Crippen LogP contribution in [-0.4, -0.2) is 5.78 Å². The summed E-state index contributed by atoms with van der Waals surface area (Å²) >= 11 is 0. The van der Waals surface area contributed by atoms with Crippen molar-refractivity contribution in [2.75, 3.05) is 0 Å². The maximum absolute atomic E-state index is 11.9. The Morgan fingerprint density at radius 3 is 2.29 bits per heavy atom. The highest BCUT2D eigenvalue weighted by atomic mass is 16.1. The Labute approximate surface area is 87.3 Å². The second-order valence-electron chi connectivity index (χ2n) is 5.14. The van der Waals surface area contributed by atoms with Gasteiger partial charge in [-0.1, -0.05) is 33.1 Å². The summed E-state index contributed by atoms with van der Waals surface area (Å²) in [7, 11) is 0. The molecule has 2 saturated carbocycles. The Morgan fingerprint density at radius 2 is 1.79 bits per heavy atom. The maximum Gasteiger partial charge on any atom is 0.136 e. The summed E-state index contributed by atoms with van der Waals surface area (Å²) in [5.41, 5.74) is 0. The standard InChI is InChI=1S/C13H22O/c1-3-9(4-2)8-12(14)13-10-6-5-7-11(10)13/h9-11,13H,3-8H2,1-2H3. The summed E-state index contributed by atoms with van der Waals surface area (Å²) in [4.78, 5) is 11.9. The number of rotatable bonds is 5. The minimum atomic E-state index is 0.504. The fourth-order valence-corrected chi connectivity index (χ4v) is 3.30. The first-order chi connectivity index (χ1) is 6.77. The number of Topliss-reactive ketones (excluding diaryl/α,β-unsaturated/α-hetero) is 1. The summed E-state index contributed by atoms with van der Waals surface area (Å²) in [6.45, 7) is 4.41. The molecule has 0 aromatic heterocycles. The normalized spacial score (nSPS) is 34.6. The van der Waals surface area contributed by atoms with Crippen LogP contribution >= 0.6 is 0 Å². The van der Waals surface area contributed by atoms with Crippen molar-refractivity contribution in [2.45, 2.75) is 52.4 Å². The molecule has 0 heterocycles. The molecule has 0 radical (unpaired) electrons. The van der Waals surface area contributed by atoms with Gasteiger partial charge >= 0.3 is 0 Å². The van der Waals surface area contributed by atoms with Gasteiger partial charge in [0.25, 0.3) is 0 Å². The predicted molar refractivity (Wildman–Crippen MR) is 58.0 cm³/mol. The largest absolute Gasteiger partial charge is 0.299 e. The zero-order valence-electron chi connectivity index (χ0n) is 9.46. The molecule has 2 aliphatic carbocycles. The molecule has 2 fully saturated rings. The van der Waals surface area contributed by atoms with Gasteiger partial charge in [-0.15, -0.1) is 0 Å². The first-order valence-corrected chi connectivity index (χ1v) is 6.30. The second kappa shape index (κ2) is 4.04. The SMILES string of the molecule is CCC(CC)CC(=O)C1C2CCCC21. The fraction of sp³-hybridized carbons (Fsp3) is 0.923.